The zero-order valence-corrected chi connectivity index (χ0v) is 39.5. The number of amides is 1. The fourth-order valence-electron chi connectivity index (χ4n) is 8.67. The molecule has 5 heterocycles. The number of nitrogens with zero attached hydrogens (tertiary/aromatic N) is 5. The third-order valence-corrected chi connectivity index (χ3v) is 15.5. The number of sulfone groups is 1. The summed E-state index contributed by atoms with van der Waals surface area (Å²) < 4.78 is 103. The molecule has 3 aromatic heterocycles. The lowest BCUT2D eigenvalue weighted by Crippen LogP contribution is -2.47. The highest BCUT2D eigenvalue weighted by molar-refractivity contribution is 7.92. The summed E-state index contributed by atoms with van der Waals surface area (Å²) in [6.45, 7) is 11.9. The van der Waals surface area contributed by atoms with Crippen molar-refractivity contribution in [1.82, 2.24) is 34.8 Å². The van der Waals surface area contributed by atoms with Gasteiger partial charge in [0.1, 0.15) is 27.7 Å². The highest BCUT2D eigenvalue weighted by Crippen LogP contribution is 2.43. The van der Waals surface area contributed by atoms with Gasteiger partial charge >= 0.3 is 5.51 Å². The van der Waals surface area contributed by atoms with Gasteiger partial charge < -0.3 is 30.2 Å². The van der Waals surface area contributed by atoms with E-state index in [9.17, 15) is 34.8 Å². The van der Waals surface area contributed by atoms with Crippen molar-refractivity contribution in [3.8, 4) is 11.6 Å². The number of H-pyrrole nitrogens is 1. The van der Waals surface area contributed by atoms with Gasteiger partial charge in [0.2, 0.25) is 5.88 Å². The minimum absolute atomic E-state index is 0.115. The molecule has 0 spiro atoms. The van der Waals surface area contributed by atoms with Crippen molar-refractivity contribution in [2.24, 2.45) is 5.41 Å². The van der Waals surface area contributed by atoms with Gasteiger partial charge in [0, 0.05) is 82.1 Å². The van der Waals surface area contributed by atoms with Crippen LogP contribution in [0.1, 0.15) is 55.5 Å². The van der Waals surface area contributed by atoms with Gasteiger partial charge in [0.15, 0.2) is 0 Å². The second-order valence-corrected chi connectivity index (χ2v) is 21.8. The molecule has 2 aliphatic heterocycles. The molecule has 8 rings (SSSR count). The Balaban J connectivity index is 1.01. The van der Waals surface area contributed by atoms with Gasteiger partial charge in [-0.1, -0.05) is 43.2 Å². The molecule has 1 amide bonds. The summed E-state index contributed by atoms with van der Waals surface area (Å²) in [5.74, 6) is -0.821. The highest BCUT2D eigenvalue weighted by Gasteiger charge is 2.48. The molecule has 1 aliphatic carbocycles. The maximum absolute atomic E-state index is 14.0. The van der Waals surface area contributed by atoms with Gasteiger partial charge in [-0.2, -0.15) is 18.2 Å². The molecule has 15 nitrogen and oxygen atoms in total. The van der Waals surface area contributed by atoms with Gasteiger partial charge in [-0.05, 0) is 103 Å². The number of aromatic amines is 1. The second kappa shape index (κ2) is 19.8. The predicted molar refractivity (Wildman–Crippen MR) is 252 cm³/mol. The van der Waals surface area contributed by atoms with Gasteiger partial charge in [0.25, 0.3) is 25.8 Å². The van der Waals surface area contributed by atoms with Crippen LogP contribution in [-0.4, -0.2) is 125 Å². The summed E-state index contributed by atoms with van der Waals surface area (Å²) in [4.78, 5) is 30.4. The highest BCUT2D eigenvalue weighted by atomic mass is 35.5. The number of rotatable bonds is 15. The van der Waals surface area contributed by atoms with Crippen LogP contribution in [0.2, 0.25) is 5.02 Å². The van der Waals surface area contributed by atoms with Crippen LogP contribution in [0.5, 0.6) is 11.6 Å². The van der Waals surface area contributed by atoms with Crippen LogP contribution in [0.3, 0.4) is 0 Å². The molecular weight excluding hydrogens is 931 g/mol. The Morgan fingerprint density at radius 1 is 0.925 bits per heavy atom. The van der Waals surface area contributed by atoms with Crippen LogP contribution in [0.25, 0.3) is 16.6 Å². The summed E-state index contributed by atoms with van der Waals surface area (Å²) in [6, 6.07) is 16.7. The van der Waals surface area contributed by atoms with Crippen molar-refractivity contribution in [2.75, 3.05) is 82.2 Å². The number of aromatic nitrogens is 3. The lowest BCUT2D eigenvalue weighted by Gasteiger charge is -2.39. The molecule has 2 fully saturated rings. The third-order valence-electron chi connectivity index (χ3n) is 12.4. The predicted octanol–water partition coefficient (Wildman–Crippen LogP) is 7.31. The minimum atomic E-state index is -6.04. The summed E-state index contributed by atoms with van der Waals surface area (Å²) in [7, 11) is -11.0. The zero-order chi connectivity index (χ0) is 47.6. The molecule has 2 saturated heterocycles. The van der Waals surface area contributed by atoms with Crippen molar-refractivity contribution in [3.63, 3.8) is 0 Å². The average Bonchev–Trinajstić information content (AvgIpc) is 3.77. The number of piperazine rings is 2. The molecule has 0 radical (unpaired) electrons. The number of ether oxygens (including phenoxy) is 1. The molecule has 3 aliphatic rings. The normalized spacial score (nSPS) is 17.7. The maximum Gasteiger partial charge on any atom is 0.501 e. The molecular formula is C46H53ClF3N9O6S2. The van der Waals surface area contributed by atoms with E-state index in [1.54, 1.807) is 24.4 Å². The van der Waals surface area contributed by atoms with Gasteiger partial charge in [-0.3, -0.25) is 9.69 Å². The molecule has 21 heteroatoms. The molecule has 2 aromatic carbocycles. The van der Waals surface area contributed by atoms with E-state index in [2.05, 4.69) is 56.4 Å². The first-order chi connectivity index (χ1) is 31.8. The van der Waals surface area contributed by atoms with Crippen LogP contribution < -0.4 is 25.0 Å². The number of benzene rings is 2. The number of carbonyl (C=O) groups is 1. The number of halogens is 4. The number of allylic oxidation sites excluding steroid dienone is 1. The van der Waals surface area contributed by atoms with Crippen molar-refractivity contribution >= 4 is 65.5 Å². The first kappa shape index (κ1) is 48.2. The number of nitrogens with one attached hydrogen (secondary N) is 4. The van der Waals surface area contributed by atoms with Crippen LogP contribution in [0.4, 0.5) is 24.7 Å². The number of hydrogen-bond acceptors (Lipinski definition) is 13. The number of carbonyl (C=O) groups excluding carboxylic acids is 1. The molecule has 0 saturated carbocycles. The second-order valence-electron chi connectivity index (χ2n) is 17.8. The van der Waals surface area contributed by atoms with Gasteiger partial charge in [0.05, 0.1) is 16.8 Å². The van der Waals surface area contributed by atoms with E-state index in [0.29, 0.717) is 67.1 Å². The van der Waals surface area contributed by atoms with E-state index in [1.807, 2.05) is 21.8 Å². The minimum Gasteiger partial charge on any atom is -0.436 e. The first-order valence-electron chi connectivity index (χ1n) is 22.1. The molecule has 0 atom stereocenters. The van der Waals surface area contributed by atoms with Crippen molar-refractivity contribution in [2.45, 2.75) is 54.8 Å². The summed E-state index contributed by atoms with van der Waals surface area (Å²) in [6.07, 6.45) is 6.62. The fraction of sp³-hybridized carbons (Fsp3) is 0.413. The van der Waals surface area contributed by atoms with Crippen molar-refractivity contribution in [3.05, 3.63) is 101 Å². The maximum atomic E-state index is 14.0. The number of fused-ring (bicyclic) bond motifs is 1. The lowest BCUT2D eigenvalue weighted by atomic mass is 9.72. The van der Waals surface area contributed by atoms with Crippen molar-refractivity contribution in [1.29, 1.82) is 0 Å². The number of sulfonamides is 1. The summed E-state index contributed by atoms with van der Waals surface area (Å²) in [5.41, 5.74) is -1.78. The Morgan fingerprint density at radius 2 is 1.67 bits per heavy atom. The van der Waals surface area contributed by atoms with Gasteiger partial charge in [-0.25, -0.2) is 26.5 Å². The van der Waals surface area contributed by atoms with Crippen LogP contribution in [0, 0.1) is 5.41 Å². The van der Waals surface area contributed by atoms with E-state index in [4.69, 9.17) is 21.3 Å². The van der Waals surface area contributed by atoms with E-state index in [0.717, 1.165) is 64.1 Å². The quantitative estimate of drug-likeness (QED) is 0.0768. The van der Waals surface area contributed by atoms with Crippen LogP contribution in [-0.2, 0) is 19.9 Å². The molecule has 5 aromatic rings. The van der Waals surface area contributed by atoms with Crippen LogP contribution in [0.15, 0.2) is 94.5 Å². The third kappa shape index (κ3) is 11.4. The standard InChI is InChI=1S/C46H53ClF3N9O6S2/c1-45(2)14-12-33(38(28-45)31-4-6-34(47)7-5-31)30-58-22-24-59(25-23-58)41-11-9-37(44(55-41)65-35-26-32-13-16-53-42(32)54-29-35)43(60)56-67(63,64)36-8-10-39(40(27-36)66(61,62)46(48,49)50)52-15-3-19-57-20-17-51-18-21-57/h4-11,13,16,26-27,29,51-52H,3,12,14-15,17-25,28,30H2,1-2H3,(H,53,54)(H,56,60). The summed E-state index contributed by atoms with van der Waals surface area (Å²) >= 11 is 6.23. The van der Waals surface area contributed by atoms with Crippen molar-refractivity contribution < 1.29 is 39.5 Å². The Morgan fingerprint density at radius 3 is 2.40 bits per heavy atom. The number of pyridine rings is 2. The van der Waals surface area contributed by atoms with E-state index in [1.165, 1.54) is 29.0 Å². The topological polar surface area (TPSA) is 182 Å². The zero-order valence-electron chi connectivity index (χ0n) is 37.1. The average molecular weight is 985 g/mol. The summed E-state index contributed by atoms with van der Waals surface area (Å²) in [5, 5.41) is 7.35. The Kier molecular flexibility index (Phi) is 14.2. The Labute approximate surface area is 393 Å². The number of hydrogen-bond donors (Lipinski definition) is 4. The molecule has 358 valence electrons. The van der Waals surface area contributed by atoms with E-state index >= 15 is 0 Å². The lowest BCUT2D eigenvalue weighted by molar-refractivity contribution is -0.0435. The van der Waals surface area contributed by atoms with E-state index < -0.39 is 46.8 Å². The molecule has 4 N–H and O–H groups in total. The SMILES string of the molecule is CC1(C)CCC(CN2CCN(c3ccc(C(=O)NS(=O)(=O)c4ccc(NCCCN5CCNCC5)c(S(=O)(=O)C(F)(F)F)c4)c(Oc4cnc5[nH]ccc5c4)n3)CC2)=C(c2ccc(Cl)cc2)C1. The number of alkyl halides is 3. The van der Waals surface area contributed by atoms with E-state index in [-0.39, 0.29) is 29.2 Å². The largest absolute Gasteiger partial charge is 0.501 e. The molecule has 67 heavy (non-hydrogen) atoms. The first-order valence-corrected chi connectivity index (χ1v) is 25.5. The monoisotopic (exact) mass is 983 g/mol. The van der Waals surface area contributed by atoms with Gasteiger partial charge in [-0.15, -0.1) is 0 Å². The Bertz CT molecular complexity index is 2860. The molecule has 0 unspecified atom stereocenters. The Hall–Kier alpha value is -5.25. The number of anilines is 2. The molecule has 0 bridgehead atoms. The van der Waals surface area contributed by atoms with Crippen LogP contribution >= 0.6 is 11.6 Å². The fourth-order valence-corrected chi connectivity index (χ4v) is 10.8. The smallest absolute Gasteiger partial charge is 0.436 e.